The number of hydrogen-bond acceptors (Lipinski definition) is 4. The monoisotopic (exact) mass is 282 g/mol. The Labute approximate surface area is 118 Å². The first-order valence-electron chi connectivity index (χ1n) is 6.84. The third kappa shape index (κ3) is 4.38. The van der Waals surface area contributed by atoms with Gasteiger partial charge in [-0.15, -0.1) is 0 Å². The zero-order valence-corrected chi connectivity index (χ0v) is 12.0. The van der Waals surface area contributed by atoms with Crippen LogP contribution in [0.3, 0.4) is 0 Å². The molecule has 0 saturated heterocycles. The standard InChI is InChI=1S/C14H22N2O4/c1-3-15(4-2)13(18)11-20-12-7-5-8-16(14(12)19)9-6-10-17/h5,7-8,17H,3-4,6,9-11H2,1-2H3. The van der Waals surface area contributed by atoms with E-state index in [1.807, 2.05) is 13.8 Å². The third-order valence-electron chi connectivity index (χ3n) is 3.01. The van der Waals surface area contributed by atoms with E-state index in [1.165, 1.54) is 4.57 Å². The molecule has 0 saturated carbocycles. The molecule has 6 heteroatoms. The first-order valence-corrected chi connectivity index (χ1v) is 6.84. The molecule has 0 aliphatic heterocycles. The number of aromatic nitrogens is 1. The summed E-state index contributed by atoms with van der Waals surface area (Å²) in [7, 11) is 0. The average Bonchev–Trinajstić information content (AvgIpc) is 2.46. The van der Waals surface area contributed by atoms with E-state index in [0.717, 1.165) is 0 Å². The fourth-order valence-electron chi connectivity index (χ4n) is 1.85. The highest BCUT2D eigenvalue weighted by atomic mass is 16.5. The number of carbonyl (C=O) groups excluding carboxylic acids is 1. The molecule has 1 N–H and O–H groups in total. The SMILES string of the molecule is CCN(CC)C(=O)COc1cccn(CCCO)c1=O. The van der Waals surface area contributed by atoms with Gasteiger partial charge >= 0.3 is 0 Å². The minimum atomic E-state index is -0.284. The van der Waals surface area contributed by atoms with Crippen molar-refractivity contribution in [2.24, 2.45) is 0 Å². The smallest absolute Gasteiger partial charge is 0.292 e. The van der Waals surface area contributed by atoms with E-state index in [-0.39, 0.29) is 30.4 Å². The Morgan fingerprint density at radius 2 is 2.10 bits per heavy atom. The average molecular weight is 282 g/mol. The number of aliphatic hydroxyl groups is 1. The van der Waals surface area contributed by atoms with Crippen LogP contribution in [0.25, 0.3) is 0 Å². The number of amides is 1. The van der Waals surface area contributed by atoms with Crippen molar-refractivity contribution in [3.63, 3.8) is 0 Å². The van der Waals surface area contributed by atoms with Crippen molar-refractivity contribution in [1.82, 2.24) is 9.47 Å². The van der Waals surface area contributed by atoms with E-state index < -0.39 is 0 Å². The Balaban J connectivity index is 2.69. The second-order valence-electron chi connectivity index (χ2n) is 4.30. The van der Waals surface area contributed by atoms with Crippen LogP contribution in [0.1, 0.15) is 20.3 Å². The minimum Gasteiger partial charge on any atom is -0.478 e. The lowest BCUT2D eigenvalue weighted by molar-refractivity contribution is -0.133. The van der Waals surface area contributed by atoms with Gasteiger partial charge in [0.15, 0.2) is 12.4 Å². The quantitative estimate of drug-likeness (QED) is 0.752. The summed E-state index contributed by atoms with van der Waals surface area (Å²) in [6.07, 6.45) is 2.14. The van der Waals surface area contributed by atoms with Crippen LogP contribution < -0.4 is 10.3 Å². The predicted octanol–water partition coefficient (Wildman–Crippen LogP) is 0.478. The predicted molar refractivity (Wildman–Crippen MR) is 75.8 cm³/mol. The molecule has 0 atom stereocenters. The lowest BCUT2D eigenvalue weighted by Crippen LogP contribution is -2.35. The van der Waals surface area contributed by atoms with E-state index in [0.29, 0.717) is 26.1 Å². The zero-order valence-electron chi connectivity index (χ0n) is 12.0. The lowest BCUT2D eigenvalue weighted by Gasteiger charge is -2.18. The Morgan fingerprint density at radius 3 is 2.70 bits per heavy atom. The fourth-order valence-corrected chi connectivity index (χ4v) is 1.85. The molecular weight excluding hydrogens is 260 g/mol. The van der Waals surface area contributed by atoms with Crippen LogP contribution in [0.15, 0.2) is 23.1 Å². The second-order valence-corrected chi connectivity index (χ2v) is 4.30. The molecule has 1 heterocycles. The van der Waals surface area contributed by atoms with E-state index in [2.05, 4.69) is 0 Å². The van der Waals surface area contributed by atoms with Crippen LogP contribution in [-0.4, -0.2) is 46.8 Å². The van der Waals surface area contributed by atoms with Crippen LogP contribution >= 0.6 is 0 Å². The molecule has 0 aliphatic rings. The van der Waals surface area contributed by atoms with Crippen molar-refractivity contribution < 1.29 is 14.6 Å². The molecule has 0 bridgehead atoms. The van der Waals surface area contributed by atoms with Crippen molar-refractivity contribution in [3.8, 4) is 5.75 Å². The molecule has 1 rings (SSSR count). The number of aliphatic hydroxyl groups excluding tert-OH is 1. The van der Waals surface area contributed by atoms with Crippen LogP contribution in [0.4, 0.5) is 0 Å². The molecule has 1 aromatic heterocycles. The maximum Gasteiger partial charge on any atom is 0.292 e. The van der Waals surface area contributed by atoms with E-state index >= 15 is 0 Å². The van der Waals surface area contributed by atoms with Crippen molar-refractivity contribution in [1.29, 1.82) is 0 Å². The van der Waals surface area contributed by atoms with Gasteiger partial charge < -0.3 is 19.3 Å². The van der Waals surface area contributed by atoms with Crippen LogP contribution in [-0.2, 0) is 11.3 Å². The van der Waals surface area contributed by atoms with Gasteiger partial charge in [0.2, 0.25) is 0 Å². The van der Waals surface area contributed by atoms with Crippen molar-refractivity contribution in [2.45, 2.75) is 26.8 Å². The number of ether oxygens (including phenoxy) is 1. The van der Waals surface area contributed by atoms with Gasteiger partial charge in [-0.1, -0.05) is 0 Å². The molecular formula is C14H22N2O4. The molecule has 1 amide bonds. The molecule has 0 spiro atoms. The fraction of sp³-hybridized carbons (Fsp3) is 0.571. The van der Waals surface area contributed by atoms with Gasteiger partial charge in [-0.2, -0.15) is 0 Å². The molecule has 20 heavy (non-hydrogen) atoms. The molecule has 1 aromatic rings. The summed E-state index contributed by atoms with van der Waals surface area (Å²) in [5.41, 5.74) is -0.284. The molecule has 6 nitrogen and oxygen atoms in total. The van der Waals surface area contributed by atoms with Crippen LogP contribution in [0, 0.1) is 0 Å². The van der Waals surface area contributed by atoms with Gasteiger partial charge in [0.05, 0.1) is 0 Å². The summed E-state index contributed by atoms with van der Waals surface area (Å²) >= 11 is 0. The van der Waals surface area contributed by atoms with Crippen LogP contribution in [0.5, 0.6) is 5.75 Å². The maximum absolute atomic E-state index is 12.0. The molecule has 0 unspecified atom stereocenters. The maximum atomic E-state index is 12.0. The number of hydrogen-bond donors (Lipinski definition) is 1. The molecule has 112 valence electrons. The second kappa shape index (κ2) is 8.37. The Bertz CT molecular complexity index is 480. The highest BCUT2D eigenvalue weighted by molar-refractivity contribution is 5.77. The highest BCUT2D eigenvalue weighted by Gasteiger charge is 2.12. The third-order valence-corrected chi connectivity index (χ3v) is 3.01. The Kier molecular flexibility index (Phi) is 6.79. The van der Waals surface area contributed by atoms with Gasteiger partial charge in [0.1, 0.15) is 0 Å². The van der Waals surface area contributed by atoms with Crippen molar-refractivity contribution in [2.75, 3.05) is 26.3 Å². The lowest BCUT2D eigenvalue weighted by atomic mass is 10.4. The minimum absolute atomic E-state index is 0.0258. The summed E-state index contributed by atoms with van der Waals surface area (Å²) in [6, 6.07) is 3.24. The summed E-state index contributed by atoms with van der Waals surface area (Å²) in [6.45, 7) is 5.34. The van der Waals surface area contributed by atoms with Gasteiger partial charge in [-0.25, -0.2) is 0 Å². The topological polar surface area (TPSA) is 71.8 Å². The van der Waals surface area contributed by atoms with Gasteiger partial charge in [0, 0.05) is 32.4 Å². The van der Waals surface area contributed by atoms with E-state index in [1.54, 1.807) is 23.2 Å². The first-order chi connectivity index (χ1) is 9.63. The molecule has 0 radical (unpaired) electrons. The van der Waals surface area contributed by atoms with Gasteiger partial charge in [-0.05, 0) is 32.4 Å². The van der Waals surface area contributed by atoms with Crippen molar-refractivity contribution >= 4 is 5.91 Å². The normalized spacial score (nSPS) is 10.3. The number of rotatable bonds is 8. The number of aryl methyl sites for hydroxylation is 1. The number of carbonyl (C=O) groups is 1. The van der Waals surface area contributed by atoms with Crippen LogP contribution in [0.2, 0.25) is 0 Å². The van der Waals surface area contributed by atoms with Gasteiger partial charge in [0.25, 0.3) is 11.5 Å². The molecule has 0 aliphatic carbocycles. The van der Waals surface area contributed by atoms with E-state index in [4.69, 9.17) is 9.84 Å². The Hall–Kier alpha value is -1.82. The molecule has 0 aromatic carbocycles. The summed E-state index contributed by atoms with van der Waals surface area (Å²) in [4.78, 5) is 25.5. The molecule has 0 fully saturated rings. The zero-order chi connectivity index (χ0) is 15.0. The number of likely N-dealkylation sites (N-methyl/N-ethyl adjacent to an activating group) is 1. The number of pyridine rings is 1. The summed E-state index contributed by atoms with van der Waals surface area (Å²) in [5.74, 6) is 0.0195. The summed E-state index contributed by atoms with van der Waals surface area (Å²) in [5, 5.41) is 8.78. The van der Waals surface area contributed by atoms with E-state index in [9.17, 15) is 9.59 Å². The number of nitrogens with zero attached hydrogens (tertiary/aromatic N) is 2. The first kappa shape index (κ1) is 16.2. The van der Waals surface area contributed by atoms with Gasteiger partial charge in [-0.3, -0.25) is 9.59 Å². The highest BCUT2D eigenvalue weighted by Crippen LogP contribution is 2.03. The largest absolute Gasteiger partial charge is 0.478 e. The summed E-state index contributed by atoms with van der Waals surface area (Å²) < 4.78 is 6.78. The Morgan fingerprint density at radius 1 is 1.40 bits per heavy atom. The van der Waals surface area contributed by atoms with Crippen molar-refractivity contribution in [3.05, 3.63) is 28.7 Å².